The van der Waals surface area contributed by atoms with Crippen molar-refractivity contribution in [1.82, 2.24) is 9.88 Å². The van der Waals surface area contributed by atoms with E-state index in [-0.39, 0.29) is 5.91 Å². The molecule has 4 nitrogen and oxygen atoms in total. The van der Waals surface area contributed by atoms with Crippen LogP contribution in [0.15, 0.2) is 6.07 Å². The fraction of sp³-hybridized carbons (Fsp3) is 0.667. The monoisotopic (exact) mass is 264 g/mol. The molecule has 4 heteroatoms. The molecule has 2 heterocycles. The molecule has 1 amide bonds. The Balaban J connectivity index is 1.88. The molecule has 0 bridgehead atoms. The molecule has 1 N–H and O–H groups in total. The summed E-state index contributed by atoms with van der Waals surface area (Å²) in [5.41, 5.74) is 3.01. The summed E-state index contributed by atoms with van der Waals surface area (Å²) in [6, 6.07) is 1.98. The Hall–Kier alpha value is -1.29. The highest BCUT2D eigenvalue weighted by molar-refractivity contribution is 5.95. The predicted molar refractivity (Wildman–Crippen MR) is 75.5 cm³/mol. The quantitative estimate of drug-likeness (QED) is 0.886. The number of carbonyl (C=O) groups is 1. The third-order valence-corrected chi connectivity index (χ3v) is 4.00. The molecule has 19 heavy (non-hydrogen) atoms. The van der Waals surface area contributed by atoms with E-state index in [9.17, 15) is 4.79 Å². The first-order valence-electron chi connectivity index (χ1n) is 7.16. The highest BCUT2D eigenvalue weighted by Gasteiger charge is 2.17. The lowest BCUT2D eigenvalue weighted by Crippen LogP contribution is -2.26. The second kappa shape index (κ2) is 6.24. The lowest BCUT2D eigenvalue weighted by molar-refractivity contribution is 0.0949. The normalized spacial score (nSPS) is 18.8. The maximum Gasteiger partial charge on any atom is 0.253 e. The number of rotatable bonds is 5. The Labute approximate surface area is 115 Å². The molecule has 2 rings (SSSR count). The molecule has 1 atom stereocenters. The fourth-order valence-electron chi connectivity index (χ4n) is 2.81. The molecule has 0 aliphatic carbocycles. The van der Waals surface area contributed by atoms with Crippen molar-refractivity contribution in [3.63, 3.8) is 0 Å². The number of nitrogens with zero attached hydrogens (tertiary/aromatic N) is 1. The number of nitrogens with one attached hydrogen (secondary N) is 1. The van der Waals surface area contributed by atoms with Gasteiger partial charge >= 0.3 is 0 Å². The van der Waals surface area contributed by atoms with E-state index in [1.807, 2.05) is 19.9 Å². The molecule has 0 unspecified atom stereocenters. The van der Waals surface area contributed by atoms with Gasteiger partial charge in [-0.25, -0.2) is 0 Å². The van der Waals surface area contributed by atoms with Gasteiger partial charge in [0.05, 0.1) is 5.56 Å². The molecule has 0 aromatic carbocycles. The van der Waals surface area contributed by atoms with Crippen LogP contribution in [0.3, 0.4) is 0 Å². The summed E-state index contributed by atoms with van der Waals surface area (Å²) in [7, 11) is 0. The summed E-state index contributed by atoms with van der Waals surface area (Å²) < 4.78 is 7.50. The minimum Gasteiger partial charge on any atom is -0.381 e. The van der Waals surface area contributed by atoms with Crippen molar-refractivity contribution in [2.24, 2.45) is 5.92 Å². The molecule has 1 aliphatic rings. The van der Waals surface area contributed by atoms with E-state index in [1.54, 1.807) is 0 Å². The molecule has 1 aliphatic heterocycles. The Bertz CT molecular complexity index is 445. The SMILES string of the molecule is CCn1c(C)cc(C(=O)NCC[C@@H]2CCOC2)c1C. The number of aromatic nitrogens is 1. The Morgan fingerprint density at radius 3 is 2.89 bits per heavy atom. The van der Waals surface area contributed by atoms with Crippen LogP contribution < -0.4 is 5.32 Å². The second-order valence-corrected chi connectivity index (χ2v) is 5.30. The van der Waals surface area contributed by atoms with Crippen molar-refractivity contribution in [2.75, 3.05) is 19.8 Å². The summed E-state index contributed by atoms with van der Waals surface area (Å²) in [6.45, 7) is 9.52. The summed E-state index contributed by atoms with van der Waals surface area (Å²) in [5, 5.41) is 3.02. The van der Waals surface area contributed by atoms with Gasteiger partial charge in [0.15, 0.2) is 0 Å². The van der Waals surface area contributed by atoms with Crippen molar-refractivity contribution in [3.8, 4) is 0 Å². The zero-order valence-electron chi connectivity index (χ0n) is 12.2. The summed E-state index contributed by atoms with van der Waals surface area (Å²) in [5.74, 6) is 0.662. The topological polar surface area (TPSA) is 43.3 Å². The third-order valence-electron chi connectivity index (χ3n) is 4.00. The summed E-state index contributed by atoms with van der Waals surface area (Å²) in [6.07, 6.45) is 2.14. The zero-order chi connectivity index (χ0) is 13.8. The van der Waals surface area contributed by atoms with Crippen molar-refractivity contribution < 1.29 is 9.53 Å². The molecule has 0 radical (unpaired) electrons. The Kier molecular flexibility index (Phi) is 4.64. The molecule has 1 aromatic heterocycles. The van der Waals surface area contributed by atoms with Crippen LogP contribution in [-0.4, -0.2) is 30.2 Å². The fourth-order valence-corrected chi connectivity index (χ4v) is 2.81. The summed E-state index contributed by atoms with van der Waals surface area (Å²) >= 11 is 0. The van der Waals surface area contributed by atoms with Gasteiger partial charge in [-0.1, -0.05) is 0 Å². The average Bonchev–Trinajstić information content (AvgIpc) is 2.98. The maximum atomic E-state index is 12.2. The molecule has 1 fully saturated rings. The van der Waals surface area contributed by atoms with E-state index in [0.717, 1.165) is 56.1 Å². The van der Waals surface area contributed by atoms with Gasteiger partial charge in [0.25, 0.3) is 5.91 Å². The van der Waals surface area contributed by atoms with E-state index in [4.69, 9.17) is 4.74 Å². The van der Waals surface area contributed by atoms with Crippen LogP contribution in [0.4, 0.5) is 0 Å². The zero-order valence-corrected chi connectivity index (χ0v) is 12.2. The number of hydrogen-bond donors (Lipinski definition) is 1. The second-order valence-electron chi connectivity index (χ2n) is 5.30. The molecule has 1 aromatic rings. The van der Waals surface area contributed by atoms with E-state index < -0.39 is 0 Å². The van der Waals surface area contributed by atoms with Crippen molar-refractivity contribution in [2.45, 2.75) is 40.2 Å². The van der Waals surface area contributed by atoms with Crippen LogP contribution >= 0.6 is 0 Å². The minimum atomic E-state index is 0.0479. The van der Waals surface area contributed by atoms with Gasteiger partial charge in [-0.2, -0.15) is 0 Å². The predicted octanol–water partition coefficient (Wildman–Crippen LogP) is 2.28. The molecular formula is C15H24N2O2. The van der Waals surface area contributed by atoms with Crippen LogP contribution in [0.1, 0.15) is 41.5 Å². The number of ether oxygens (including phenoxy) is 1. The van der Waals surface area contributed by atoms with E-state index in [1.165, 1.54) is 0 Å². The van der Waals surface area contributed by atoms with Gasteiger partial charge in [0.2, 0.25) is 0 Å². The van der Waals surface area contributed by atoms with Gasteiger partial charge in [-0.05, 0) is 45.6 Å². The van der Waals surface area contributed by atoms with Crippen LogP contribution in [0, 0.1) is 19.8 Å². The van der Waals surface area contributed by atoms with Crippen LogP contribution in [-0.2, 0) is 11.3 Å². The van der Waals surface area contributed by atoms with Crippen molar-refractivity contribution >= 4 is 5.91 Å². The number of carbonyl (C=O) groups excluding carboxylic acids is 1. The highest BCUT2D eigenvalue weighted by Crippen LogP contribution is 2.17. The molecule has 1 saturated heterocycles. The van der Waals surface area contributed by atoms with Crippen molar-refractivity contribution in [1.29, 1.82) is 0 Å². The van der Waals surface area contributed by atoms with Gasteiger partial charge < -0.3 is 14.6 Å². The molecule has 0 saturated carbocycles. The van der Waals surface area contributed by atoms with Gasteiger partial charge in [0.1, 0.15) is 0 Å². The average molecular weight is 264 g/mol. The Morgan fingerprint density at radius 2 is 2.32 bits per heavy atom. The minimum absolute atomic E-state index is 0.0479. The standard InChI is InChI=1S/C15H24N2O2/c1-4-17-11(2)9-14(12(17)3)15(18)16-7-5-13-6-8-19-10-13/h9,13H,4-8,10H2,1-3H3,(H,16,18)/t13-/m1/s1. The number of aryl methyl sites for hydroxylation is 1. The molecule has 106 valence electrons. The first-order valence-corrected chi connectivity index (χ1v) is 7.16. The van der Waals surface area contributed by atoms with Crippen LogP contribution in [0.2, 0.25) is 0 Å². The molecular weight excluding hydrogens is 240 g/mol. The van der Waals surface area contributed by atoms with E-state index >= 15 is 0 Å². The van der Waals surface area contributed by atoms with E-state index in [2.05, 4.69) is 16.8 Å². The number of hydrogen-bond acceptors (Lipinski definition) is 2. The van der Waals surface area contributed by atoms with Gasteiger partial charge in [0, 0.05) is 37.7 Å². The van der Waals surface area contributed by atoms with Crippen LogP contribution in [0.5, 0.6) is 0 Å². The lowest BCUT2D eigenvalue weighted by Gasteiger charge is -2.09. The van der Waals surface area contributed by atoms with Gasteiger partial charge in [-0.3, -0.25) is 4.79 Å². The third kappa shape index (κ3) is 3.18. The van der Waals surface area contributed by atoms with Crippen molar-refractivity contribution in [3.05, 3.63) is 23.0 Å². The van der Waals surface area contributed by atoms with Gasteiger partial charge in [-0.15, -0.1) is 0 Å². The Morgan fingerprint density at radius 1 is 1.53 bits per heavy atom. The number of amides is 1. The van der Waals surface area contributed by atoms with E-state index in [0.29, 0.717) is 5.92 Å². The smallest absolute Gasteiger partial charge is 0.253 e. The largest absolute Gasteiger partial charge is 0.381 e. The maximum absolute atomic E-state index is 12.2. The molecule has 0 spiro atoms. The summed E-state index contributed by atoms with van der Waals surface area (Å²) in [4.78, 5) is 12.2. The first-order chi connectivity index (χ1) is 9.13. The first kappa shape index (κ1) is 14.1. The van der Waals surface area contributed by atoms with Crippen LogP contribution in [0.25, 0.3) is 0 Å². The highest BCUT2D eigenvalue weighted by atomic mass is 16.5. The lowest BCUT2D eigenvalue weighted by atomic mass is 10.1.